The molecule has 2 aromatic carbocycles. The minimum atomic E-state index is -0.231. The first-order valence-corrected chi connectivity index (χ1v) is 14.9. The predicted octanol–water partition coefficient (Wildman–Crippen LogP) is 9.90. The normalized spacial score (nSPS) is 10.9. The van der Waals surface area contributed by atoms with Gasteiger partial charge in [0.05, 0.1) is 6.42 Å². The molecule has 1 N–H and O–H groups in total. The zero-order valence-electron chi connectivity index (χ0n) is 22.9. The summed E-state index contributed by atoms with van der Waals surface area (Å²) in [6.07, 6.45) is 24.1. The van der Waals surface area contributed by atoms with E-state index in [2.05, 4.69) is 24.4 Å². The molecular weight excluding hydrogens is 442 g/mol. The fourth-order valence-corrected chi connectivity index (χ4v) is 4.65. The molecule has 2 rings (SSSR count). The van der Waals surface area contributed by atoms with Crippen LogP contribution in [-0.4, -0.2) is 12.5 Å². The van der Waals surface area contributed by atoms with E-state index in [0.29, 0.717) is 5.75 Å². The minimum Gasteiger partial charge on any atom is -0.426 e. The molecule has 200 valence electrons. The Labute approximate surface area is 221 Å². The number of benzene rings is 2. The van der Waals surface area contributed by atoms with Crippen molar-refractivity contribution in [1.82, 2.24) is 0 Å². The van der Waals surface area contributed by atoms with Crippen molar-refractivity contribution in [3.8, 4) is 5.75 Å². The Bertz CT molecular complexity index is 772. The molecule has 36 heavy (non-hydrogen) atoms. The van der Waals surface area contributed by atoms with Crippen LogP contribution in [0.3, 0.4) is 0 Å². The van der Waals surface area contributed by atoms with Crippen molar-refractivity contribution in [2.75, 3.05) is 11.9 Å². The number of ether oxygens (including phenoxy) is 1. The van der Waals surface area contributed by atoms with Gasteiger partial charge in [0.2, 0.25) is 0 Å². The lowest BCUT2D eigenvalue weighted by Crippen LogP contribution is -2.11. The number of hydrogen-bond donors (Lipinski definition) is 1. The lowest BCUT2D eigenvalue weighted by molar-refractivity contribution is -0.133. The van der Waals surface area contributed by atoms with Crippen LogP contribution in [0.25, 0.3) is 0 Å². The van der Waals surface area contributed by atoms with Gasteiger partial charge >= 0.3 is 5.97 Å². The summed E-state index contributed by atoms with van der Waals surface area (Å²) in [5, 5.41) is 3.50. The summed E-state index contributed by atoms with van der Waals surface area (Å²) < 4.78 is 5.36. The van der Waals surface area contributed by atoms with Crippen LogP contribution in [0.15, 0.2) is 54.6 Å². The molecule has 2 aromatic rings. The van der Waals surface area contributed by atoms with E-state index in [1.165, 1.54) is 109 Å². The van der Waals surface area contributed by atoms with Crippen molar-refractivity contribution in [3.05, 3.63) is 60.2 Å². The summed E-state index contributed by atoms with van der Waals surface area (Å²) in [5.74, 6) is 0.361. The number of anilines is 1. The van der Waals surface area contributed by atoms with Gasteiger partial charge in [0, 0.05) is 12.2 Å². The minimum absolute atomic E-state index is 0.231. The van der Waals surface area contributed by atoms with Gasteiger partial charge in [-0.3, -0.25) is 4.79 Å². The van der Waals surface area contributed by atoms with Crippen LogP contribution >= 0.6 is 0 Å². The number of para-hydroxylation sites is 1. The Morgan fingerprint density at radius 1 is 0.611 bits per heavy atom. The topological polar surface area (TPSA) is 38.3 Å². The molecule has 0 aliphatic carbocycles. The SMILES string of the molecule is CCCCCCCCCCCCCCCCCCCNc1ccc(CC(=O)Oc2ccccc2)cc1. The van der Waals surface area contributed by atoms with Gasteiger partial charge in [-0.25, -0.2) is 0 Å². The number of nitrogens with one attached hydrogen (secondary N) is 1. The molecule has 0 saturated carbocycles. The van der Waals surface area contributed by atoms with E-state index in [-0.39, 0.29) is 12.4 Å². The molecule has 3 nitrogen and oxygen atoms in total. The third-order valence-corrected chi connectivity index (χ3v) is 6.89. The summed E-state index contributed by atoms with van der Waals surface area (Å²) in [6.45, 7) is 3.30. The lowest BCUT2D eigenvalue weighted by Gasteiger charge is -2.08. The van der Waals surface area contributed by atoms with Crippen molar-refractivity contribution < 1.29 is 9.53 Å². The first-order chi connectivity index (χ1) is 17.8. The van der Waals surface area contributed by atoms with Gasteiger partial charge in [0.15, 0.2) is 0 Å². The fraction of sp³-hybridized carbons (Fsp3) is 0.606. The van der Waals surface area contributed by atoms with E-state index in [1.807, 2.05) is 30.3 Å². The standard InChI is InChI=1S/C33H51NO2/c1-2-3-4-5-6-7-8-9-10-11-12-13-14-15-16-17-21-28-34-31-26-24-30(25-27-31)29-33(35)36-32-22-19-18-20-23-32/h18-20,22-27,34H,2-17,21,28-29H2,1H3. The Hall–Kier alpha value is -2.29. The first-order valence-electron chi connectivity index (χ1n) is 14.9. The summed E-state index contributed by atoms with van der Waals surface area (Å²) in [4.78, 5) is 12.1. The Kier molecular flexibility index (Phi) is 17.3. The van der Waals surface area contributed by atoms with Crippen molar-refractivity contribution in [2.24, 2.45) is 0 Å². The number of rotatable bonds is 22. The van der Waals surface area contributed by atoms with E-state index in [4.69, 9.17) is 4.74 Å². The average Bonchev–Trinajstić information content (AvgIpc) is 2.89. The zero-order valence-corrected chi connectivity index (χ0v) is 22.9. The van der Waals surface area contributed by atoms with Gasteiger partial charge in [-0.05, 0) is 36.2 Å². The summed E-state index contributed by atoms with van der Waals surface area (Å²) in [6, 6.07) is 17.3. The Morgan fingerprint density at radius 2 is 1.08 bits per heavy atom. The van der Waals surface area contributed by atoms with E-state index in [0.717, 1.165) is 17.8 Å². The van der Waals surface area contributed by atoms with Crippen molar-refractivity contribution in [1.29, 1.82) is 0 Å². The second-order valence-corrected chi connectivity index (χ2v) is 10.2. The van der Waals surface area contributed by atoms with Crippen molar-refractivity contribution in [3.63, 3.8) is 0 Å². The van der Waals surface area contributed by atoms with Crippen LogP contribution in [0.4, 0.5) is 5.69 Å². The lowest BCUT2D eigenvalue weighted by atomic mass is 10.0. The van der Waals surface area contributed by atoms with Crippen LogP contribution in [0.1, 0.15) is 122 Å². The first kappa shape index (κ1) is 29.9. The average molecular weight is 494 g/mol. The van der Waals surface area contributed by atoms with Crippen molar-refractivity contribution >= 4 is 11.7 Å². The molecule has 0 radical (unpaired) electrons. The molecule has 0 saturated heterocycles. The maximum atomic E-state index is 12.1. The molecule has 0 atom stereocenters. The summed E-state index contributed by atoms with van der Waals surface area (Å²) >= 11 is 0. The van der Waals surface area contributed by atoms with Crippen LogP contribution in [-0.2, 0) is 11.2 Å². The Balaban J connectivity index is 1.36. The molecule has 0 heterocycles. The molecule has 0 aromatic heterocycles. The molecule has 3 heteroatoms. The molecule has 0 spiro atoms. The molecule has 0 bridgehead atoms. The molecule has 0 aliphatic heterocycles. The zero-order chi connectivity index (χ0) is 25.5. The highest BCUT2D eigenvalue weighted by molar-refractivity contribution is 5.75. The summed E-state index contributed by atoms with van der Waals surface area (Å²) in [7, 11) is 0. The number of hydrogen-bond acceptors (Lipinski definition) is 3. The molecule has 0 amide bonds. The van der Waals surface area contributed by atoms with Gasteiger partial charge in [0.25, 0.3) is 0 Å². The van der Waals surface area contributed by atoms with Crippen LogP contribution in [0.5, 0.6) is 5.75 Å². The van der Waals surface area contributed by atoms with E-state index < -0.39 is 0 Å². The van der Waals surface area contributed by atoms with Gasteiger partial charge in [-0.1, -0.05) is 140 Å². The highest BCUT2D eigenvalue weighted by Crippen LogP contribution is 2.15. The van der Waals surface area contributed by atoms with E-state index >= 15 is 0 Å². The van der Waals surface area contributed by atoms with Gasteiger partial charge in [-0.2, -0.15) is 0 Å². The summed E-state index contributed by atoms with van der Waals surface area (Å²) in [5.41, 5.74) is 2.09. The van der Waals surface area contributed by atoms with Crippen LogP contribution in [0, 0.1) is 0 Å². The van der Waals surface area contributed by atoms with E-state index in [1.54, 1.807) is 12.1 Å². The number of carbonyl (C=O) groups excluding carboxylic acids is 1. The highest BCUT2D eigenvalue weighted by Gasteiger charge is 2.06. The third-order valence-electron chi connectivity index (χ3n) is 6.89. The maximum absolute atomic E-state index is 12.1. The van der Waals surface area contributed by atoms with Crippen molar-refractivity contribution in [2.45, 2.75) is 122 Å². The van der Waals surface area contributed by atoms with E-state index in [9.17, 15) is 4.79 Å². The van der Waals surface area contributed by atoms with Crippen LogP contribution < -0.4 is 10.1 Å². The van der Waals surface area contributed by atoms with Gasteiger partial charge in [0.1, 0.15) is 5.75 Å². The highest BCUT2D eigenvalue weighted by atomic mass is 16.5. The van der Waals surface area contributed by atoms with Gasteiger partial charge < -0.3 is 10.1 Å². The smallest absolute Gasteiger partial charge is 0.315 e. The molecule has 0 unspecified atom stereocenters. The number of unbranched alkanes of at least 4 members (excludes halogenated alkanes) is 16. The predicted molar refractivity (Wildman–Crippen MR) is 155 cm³/mol. The Morgan fingerprint density at radius 3 is 1.58 bits per heavy atom. The fourth-order valence-electron chi connectivity index (χ4n) is 4.65. The quantitative estimate of drug-likeness (QED) is 0.101. The second-order valence-electron chi connectivity index (χ2n) is 10.2. The van der Waals surface area contributed by atoms with Crippen LogP contribution in [0.2, 0.25) is 0 Å². The maximum Gasteiger partial charge on any atom is 0.315 e. The second kappa shape index (κ2) is 20.9. The largest absolute Gasteiger partial charge is 0.426 e. The number of carbonyl (C=O) groups is 1. The van der Waals surface area contributed by atoms with Gasteiger partial charge in [-0.15, -0.1) is 0 Å². The molecule has 0 fully saturated rings. The molecule has 0 aliphatic rings. The monoisotopic (exact) mass is 493 g/mol. The number of esters is 1. The molecular formula is C33H51NO2. The third kappa shape index (κ3) is 15.7.